The van der Waals surface area contributed by atoms with Crippen molar-refractivity contribution in [3.05, 3.63) is 30.3 Å². The summed E-state index contributed by atoms with van der Waals surface area (Å²) in [5, 5.41) is 0. The second-order valence-electron chi connectivity index (χ2n) is 7.04. The Morgan fingerprint density at radius 2 is 1.34 bits per heavy atom. The Bertz CT molecular complexity index is 966. The number of benzene rings is 1. The molecule has 0 saturated carbocycles. The van der Waals surface area contributed by atoms with Gasteiger partial charge in [-0.25, -0.2) is 9.79 Å². The van der Waals surface area contributed by atoms with E-state index in [1.54, 1.807) is 6.07 Å². The van der Waals surface area contributed by atoms with Gasteiger partial charge >= 0.3 is 30.1 Å². The van der Waals surface area contributed by atoms with Crippen LogP contribution in [0.15, 0.2) is 35.3 Å². The van der Waals surface area contributed by atoms with E-state index in [2.05, 4.69) is 9.73 Å². The number of nitrogens with zero attached hydrogens (tertiary/aromatic N) is 1. The van der Waals surface area contributed by atoms with Crippen molar-refractivity contribution < 1.29 is 60.8 Å². The van der Waals surface area contributed by atoms with E-state index < -0.39 is 66.7 Å². The number of carbonyl (C=O) groups excluding carboxylic acids is 4. The number of carbonyl (C=O) groups is 4. The van der Waals surface area contributed by atoms with Crippen molar-refractivity contribution in [1.29, 1.82) is 0 Å². The molecule has 1 saturated heterocycles. The van der Waals surface area contributed by atoms with Crippen LogP contribution in [0.25, 0.3) is 0 Å². The van der Waals surface area contributed by atoms with E-state index in [1.807, 2.05) is 0 Å². The maximum absolute atomic E-state index is 13.8. The van der Waals surface area contributed by atoms with E-state index in [-0.39, 0.29) is 5.69 Å². The van der Waals surface area contributed by atoms with Crippen LogP contribution >= 0.6 is 0 Å². The highest BCUT2D eigenvalue weighted by molar-refractivity contribution is 5.85. The van der Waals surface area contributed by atoms with Gasteiger partial charge in [0.05, 0.1) is 12.8 Å². The van der Waals surface area contributed by atoms with Gasteiger partial charge in [-0.2, -0.15) is 13.2 Å². The number of methoxy groups -OCH3 is 1. The van der Waals surface area contributed by atoms with Crippen LogP contribution in [0.4, 0.5) is 18.9 Å². The first-order valence-electron chi connectivity index (χ1n) is 9.96. The summed E-state index contributed by atoms with van der Waals surface area (Å²) < 4.78 is 71.3. The molecule has 14 heteroatoms. The van der Waals surface area contributed by atoms with Gasteiger partial charge in [0.2, 0.25) is 12.4 Å². The topological polar surface area (TPSA) is 136 Å². The van der Waals surface area contributed by atoms with Crippen LogP contribution in [-0.2, 0) is 47.6 Å². The lowest BCUT2D eigenvalue weighted by atomic mass is 9.97. The Hall–Kier alpha value is -3.68. The first kappa shape index (κ1) is 27.6. The molecule has 35 heavy (non-hydrogen) atoms. The fourth-order valence-electron chi connectivity index (χ4n) is 3.06. The minimum atomic E-state index is -5.16. The lowest BCUT2D eigenvalue weighted by Crippen LogP contribution is -2.64. The minimum absolute atomic E-state index is 0.140. The predicted molar refractivity (Wildman–Crippen MR) is 108 cm³/mol. The third-order valence-electron chi connectivity index (χ3n) is 4.29. The van der Waals surface area contributed by atoms with Gasteiger partial charge in [0.15, 0.2) is 18.3 Å². The van der Waals surface area contributed by atoms with Crippen LogP contribution < -0.4 is 0 Å². The highest BCUT2D eigenvalue weighted by atomic mass is 19.4. The van der Waals surface area contributed by atoms with E-state index in [1.165, 1.54) is 24.3 Å². The summed E-state index contributed by atoms with van der Waals surface area (Å²) in [5.41, 5.74) is -0.140. The molecule has 1 aromatic carbocycles. The standard InChI is InChI=1S/C21H22F3NO10/c1-10(26)31-14-15(32-11(2)27)17(33-12(3)28)19(34-16(14)18(29)30-4)35-20(21(22,23)24)25-13-8-6-5-7-9-13/h5-9,14-17,19H,1-4H3/t14-,15-,16-,17+,19?/m0/s1. The van der Waals surface area contributed by atoms with Crippen molar-refractivity contribution in [2.75, 3.05) is 7.11 Å². The number of aliphatic imine (C=N–C) groups is 1. The van der Waals surface area contributed by atoms with Crippen LogP contribution in [0.3, 0.4) is 0 Å². The largest absolute Gasteiger partial charge is 0.468 e. The van der Waals surface area contributed by atoms with Gasteiger partial charge in [-0.1, -0.05) is 18.2 Å². The van der Waals surface area contributed by atoms with Crippen molar-refractivity contribution in [2.45, 2.75) is 57.7 Å². The molecule has 11 nitrogen and oxygen atoms in total. The van der Waals surface area contributed by atoms with Gasteiger partial charge in [0.1, 0.15) is 0 Å². The zero-order valence-electron chi connectivity index (χ0n) is 18.9. The second-order valence-corrected chi connectivity index (χ2v) is 7.04. The van der Waals surface area contributed by atoms with Gasteiger partial charge in [0.25, 0.3) is 5.90 Å². The molecule has 5 atom stereocenters. The van der Waals surface area contributed by atoms with Gasteiger partial charge < -0.3 is 28.4 Å². The summed E-state index contributed by atoms with van der Waals surface area (Å²) in [6.45, 7) is 2.81. The Labute approximate surface area is 197 Å². The monoisotopic (exact) mass is 505 g/mol. The Balaban J connectivity index is 2.59. The number of halogens is 3. The zero-order valence-corrected chi connectivity index (χ0v) is 18.9. The van der Waals surface area contributed by atoms with Crippen LogP contribution in [0.2, 0.25) is 0 Å². The summed E-state index contributed by atoms with van der Waals surface area (Å²) in [4.78, 5) is 50.9. The lowest BCUT2D eigenvalue weighted by molar-refractivity contribution is -0.288. The zero-order chi connectivity index (χ0) is 26.3. The van der Waals surface area contributed by atoms with Crippen LogP contribution in [0.5, 0.6) is 0 Å². The molecular weight excluding hydrogens is 483 g/mol. The van der Waals surface area contributed by atoms with Gasteiger partial charge in [0, 0.05) is 20.8 Å². The highest BCUT2D eigenvalue weighted by Gasteiger charge is 2.57. The summed E-state index contributed by atoms with van der Waals surface area (Å²) in [7, 11) is 0.934. The van der Waals surface area contributed by atoms with Crippen molar-refractivity contribution in [3.63, 3.8) is 0 Å². The van der Waals surface area contributed by atoms with Crippen molar-refractivity contribution in [3.8, 4) is 0 Å². The second kappa shape index (κ2) is 11.6. The molecule has 0 amide bonds. The summed E-state index contributed by atoms with van der Waals surface area (Å²) in [6, 6.07) is 6.93. The first-order valence-corrected chi connectivity index (χ1v) is 9.96. The normalized spacial score (nSPS) is 24.7. The lowest BCUT2D eigenvalue weighted by Gasteiger charge is -2.43. The average molecular weight is 505 g/mol. The molecule has 0 N–H and O–H groups in total. The number of hydrogen-bond donors (Lipinski definition) is 0. The first-order chi connectivity index (χ1) is 16.3. The number of rotatable bonds is 6. The maximum Gasteiger partial charge on any atom is 0.468 e. The van der Waals surface area contributed by atoms with E-state index in [0.717, 1.165) is 27.9 Å². The molecule has 0 aromatic heterocycles. The average Bonchev–Trinajstić information content (AvgIpc) is 2.75. The van der Waals surface area contributed by atoms with Gasteiger partial charge in [-0.15, -0.1) is 0 Å². The molecular formula is C21H22F3NO10. The minimum Gasteiger partial charge on any atom is -0.467 e. The summed E-state index contributed by atoms with van der Waals surface area (Å²) in [6.07, 6.45) is -14.8. The van der Waals surface area contributed by atoms with Gasteiger partial charge in [-0.05, 0) is 12.1 Å². The molecule has 1 aliphatic rings. The summed E-state index contributed by atoms with van der Waals surface area (Å²) in [5.74, 6) is -6.01. The van der Waals surface area contributed by atoms with E-state index in [9.17, 15) is 32.3 Å². The summed E-state index contributed by atoms with van der Waals surface area (Å²) >= 11 is 0. The van der Waals surface area contributed by atoms with Gasteiger partial charge in [-0.3, -0.25) is 14.4 Å². The SMILES string of the molecule is COC(=O)[C@H]1OC(OC(=Nc2ccccc2)C(F)(F)F)[C@H](OC(C)=O)[C@@H](OC(C)=O)[C@@H]1OC(C)=O. The third kappa shape index (κ3) is 7.67. The molecule has 1 heterocycles. The third-order valence-corrected chi connectivity index (χ3v) is 4.29. The number of hydrogen-bond acceptors (Lipinski definition) is 11. The van der Waals surface area contributed by atoms with Crippen LogP contribution in [-0.4, -0.2) is 73.8 Å². The Kier molecular flexibility index (Phi) is 9.17. The molecule has 0 aliphatic carbocycles. The van der Waals surface area contributed by atoms with E-state index in [0.29, 0.717) is 0 Å². The van der Waals surface area contributed by atoms with Crippen molar-refractivity contribution >= 4 is 35.5 Å². The molecule has 0 bridgehead atoms. The smallest absolute Gasteiger partial charge is 0.467 e. The molecule has 2 rings (SSSR count). The van der Waals surface area contributed by atoms with Crippen LogP contribution in [0, 0.1) is 0 Å². The molecule has 1 fully saturated rings. The molecule has 192 valence electrons. The molecule has 0 radical (unpaired) electrons. The van der Waals surface area contributed by atoms with Crippen molar-refractivity contribution in [1.82, 2.24) is 0 Å². The molecule has 0 spiro atoms. The molecule has 1 unspecified atom stereocenters. The number of esters is 4. The van der Waals surface area contributed by atoms with E-state index in [4.69, 9.17) is 23.7 Å². The maximum atomic E-state index is 13.8. The molecule has 1 aromatic rings. The quantitative estimate of drug-likeness (QED) is 0.244. The Morgan fingerprint density at radius 1 is 0.829 bits per heavy atom. The predicted octanol–water partition coefficient (Wildman–Crippen LogP) is 1.99. The highest BCUT2D eigenvalue weighted by Crippen LogP contribution is 2.32. The number of para-hydroxylation sites is 1. The van der Waals surface area contributed by atoms with Crippen molar-refractivity contribution in [2.24, 2.45) is 4.99 Å². The van der Waals surface area contributed by atoms with E-state index >= 15 is 0 Å². The molecule has 1 aliphatic heterocycles. The fraction of sp³-hybridized carbons (Fsp3) is 0.476. The fourth-order valence-corrected chi connectivity index (χ4v) is 3.06. The van der Waals surface area contributed by atoms with Crippen LogP contribution in [0.1, 0.15) is 20.8 Å². The Morgan fingerprint density at radius 3 is 1.83 bits per heavy atom. The number of ether oxygens (including phenoxy) is 6. The number of alkyl halides is 3.